The van der Waals surface area contributed by atoms with Gasteiger partial charge in [-0.3, -0.25) is 9.59 Å². The lowest BCUT2D eigenvalue weighted by Gasteiger charge is -2.31. The van der Waals surface area contributed by atoms with Crippen LogP contribution in [0.5, 0.6) is 11.5 Å². The molecule has 2 aliphatic rings. The second-order valence-corrected chi connectivity index (χ2v) is 13.7. The molecule has 0 saturated heterocycles. The highest BCUT2D eigenvalue weighted by Gasteiger charge is 2.33. The molecule has 1 aromatic heterocycles. The number of fused-ring (bicyclic) bond motifs is 2. The Balaban J connectivity index is 0.969. The SMILES string of the molecule is COC(=O)[C@H](Cc1ccc(-c2ccc(C#N)cc2)cc1)NC(=O)C1Cc2cc3c(cc2CN1)OC(c1ccc(OCc2cnc(Cl)c(Cl)c2)cc1)C(=O)N3. The Kier molecular flexibility index (Phi) is 10.8. The minimum Gasteiger partial charge on any atom is -0.489 e. The van der Waals surface area contributed by atoms with Crippen molar-refractivity contribution in [2.75, 3.05) is 12.4 Å². The van der Waals surface area contributed by atoms with E-state index in [0.717, 1.165) is 33.4 Å². The molecule has 11 nitrogen and oxygen atoms in total. The number of benzene rings is 4. The molecule has 3 N–H and O–H groups in total. The zero-order chi connectivity index (χ0) is 37.8. The van der Waals surface area contributed by atoms with Gasteiger partial charge in [0.15, 0.2) is 0 Å². The maximum Gasteiger partial charge on any atom is 0.328 e. The number of esters is 1. The molecule has 0 saturated carbocycles. The molecular weight excluding hydrogens is 729 g/mol. The Morgan fingerprint density at radius 3 is 2.39 bits per heavy atom. The summed E-state index contributed by atoms with van der Waals surface area (Å²) in [4.78, 5) is 43.5. The minimum atomic E-state index is -0.903. The van der Waals surface area contributed by atoms with Crippen LogP contribution < -0.4 is 25.4 Å². The Hall–Kier alpha value is -5.93. The quantitative estimate of drug-likeness (QED) is 0.107. The van der Waals surface area contributed by atoms with Crippen molar-refractivity contribution in [1.82, 2.24) is 15.6 Å². The first-order chi connectivity index (χ1) is 26.2. The van der Waals surface area contributed by atoms with E-state index in [9.17, 15) is 14.4 Å². The van der Waals surface area contributed by atoms with E-state index in [4.69, 9.17) is 42.7 Å². The predicted octanol–water partition coefficient (Wildman–Crippen LogP) is 6.49. The Bertz CT molecular complexity index is 2260. The average Bonchev–Trinajstić information content (AvgIpc) is 3.20. The fraction of sp³-hybridized carbons (Fsp3) is 0.195. The molecule has 2 amide bonds. The van der Waals surface area contributed by atoms with Crippen LogP contribution in [0.2, 0.25) is 10.2 Å². The Labute approximate surface area is 321 Å². The first-order valence-corrected chi connectivity index (χ1v) is 17.8. The second kappa shape index (κ2) is 16.0. The minimum absolute atomic E-state index is 0.226. The zero-order valence-electron chi connectivity index (χ0n) is 28.9. The number of halogens is 2. The molecule has 0 bridgehead atoms. The molecule has 0 aliphatic carbocycles. The molecular formula is C41H33Cl2N5O6. The number of hydrogen-bond acceptors (Lipinski definition) is 9. The van der Waals surface area contributed by atoms with Gasteiger partial charge < -0.3 is 30.2 Å². The number of anilines is 1. The molecule has 0 radical (unpaired) electrons. The number of hydrogen-bond donors (Lipinski definition) is 3. The van der Waals surface area contributed by atoms with Crippen LogP contribution in [0.25, 0.3) is 11.1 Å². The summed E-state index contributed by atoms with van der Waals surface area (Å²) in [5.74, 6) is -0.113. The van der Waals surface area contributed by atoms with Gasteiger partial charge >= 0.3 is 5.97 Å². The van der Waals surface area contributed by atoms with Crippen LogP contribution in [0.1, 0.15) is 39.5 Å². The maximum absolute atomic E-state index is 13.5. The third-order valence-corrected chi connectivity index (χ3v) is 9.99. The van der Waals surface area contributed by atoms with Crippen molar-refractivity contribution in [3.8, 4) is 28.7 Å². The summed E-state index contributed by atoms with van der Waals surface area (Å²) in [6, 6.07) is 28.0. The van der Waals surface area contributed by atoms with Gasteiger partial charge in [0.2, 0.25) is 12.0 Å². The number of carbonyl (C=O) groups is 3. The summed E-state index contributed by atoms with van der Waals surface area (Å²) in [6.45, 7) is 0.616. The third-order valence-electron chi connectivity index (χ3n) is 9.31. The van der Waals surface area contributed by atoms with Gasteiger partial charge in [0, 0.05) is 30.3 Å². The summed E-state index contributed by atoms with van der Waals surface area (Å²) < 4.78 is 17.1. The third kappa shape index (κ3) is 8.16. The number of rotatable bonds is 10. The van der Waals surface area contributed by atoms with Crippen LogP contribution in [-0.4, -0.2) is 42.0 Å². The van der Waals surface area contributed by atoms with Crippen LogP contribution >= 0.6 is 23.2 Å². The fourth-order valence-corrected chi connectivity index (χ4v) is 6.68. The highest BCUT2D eigenvalue weighted by atomic mass is 35.5. The summed E-state index contributed by atoms with van der Waals surface area (Å²) in [6.07, 6.45) is 1.29. The van der Waals surface area contributed by atoms with Crippen molar-refractivity contribution >= 4 is 46.7 Å². The molecule has 13 heteroatoms. The van der Waals surface area contributed by atoms with Gasteiger partial charge in [-0.25, -0.2) is 9.78 Å². The lowest BCUT2D eigenvalue weighted by atomic mass is 9.93. The Morgan fingerprint density at radius 2 is 1.70 bits per heavy atom. The van der Waals surface area contributed by atoms with Crippen LogP contribution in [0.4, 0.5) is 5.69 Å². The normalized spacial score (nSPS) is 16.4. The van der Waals surface area contributed by atoms with Crippen LogP contribution in [0, 0.1) is 11.3 Å². The van der Waals surface area contributed by atoms with Crippen molar-refractivity contribution in [1.29, 1.82) is 5.26 Å². The lowest BCUT2D eigenvalue weighted by Crippen LogP contribution is -2.53. The first kappa shape index (κ1) is 36.4. The van der Waals surface area contributed by atoms with Crippen molar-refractivity contribution in [2.24, 2.45) is 0 Å². The molecule has 272 valence electrons. The molecule has 5 aromatic rings. The van der Waals surface area contributed by atoms with E-state index in [-0.39, 0.29) is 30.0 Å². The van der Waals surface area contributed by atoms with Crippen molar-refractivity contribution < 1.29 is 28.6 Å². The van der Waals surface area contributed by atoms with Crippen LogP contribution in [-0.2, 0) is 45.1 Å². The standard InChI is InChI=1S/C41H33Cl2N5O6/c1-52-41(51)35(15-23-2-6-26(7-3-23)27-8-4-24(19-44)5-9-27)48-39(49)34-17-29-16-33-36(18-30(29)21-45-34)54-37(40(50)47-33)28-10-12-31(13-11-28)53-22-25-14-32(42)38(43)46-20-25/h2-14,16,18,20,34-35,37,45H,15,17,21-22H2,1H3,(H,47,50)(H,48,49)/t34?,35-,37?/m0/s1. The molecule has 54 heavy (non-hydrogen) atoms. The summed E-state index contributed by atoms with van der Waals surface area (Å²) >= 11 is 11.9. The predicted molar refractivity (Wildman–Crippen MR) is 202 cm³/mol. The van der Waals surface area contributed by atoms with E-state index in [1.54, 1.807) is 48.7 Å². The highest BCUT2D eigenvalue weighted by molar-refractivity contribution is 6.41. The summed E-state index contributed by atoms with van der Waals surface area (Å²) in [5.41, 5.74) is 7.08. The van der Waals surface area contributed by atoms with Gasteiger partial charge in [0.25, 0.3) is 5.91 Å². The maximum atomic E-state index is 13.5. The first-order valence-electron chi connectivity index (χ1n) is 17.0. The molecule has 7 rings (SSSR count). The lowest BCUT2D eigenvalue weighted by molar-refractivity contribution is -0.145. The average molecular weight is 763 g/mol. The van der Waals surface area contributed by atoms with Gasteiger partial charge in [0.05, 0.1) is 35.5 Å². The topological polar surface area (TPSA) is 152 Å². The highest BCUT2D eigenvalue weighted by Crippen LogP contribution is 2.38. The van der Waals surface area contributed by atoms with E-state index in [0.29, 0.717) is 46.3 Å². The molecule has 0 fully saturated rings. The number of nitrogens with one attached hydrogen (secondary N) is 3. The van der Waals surface area contributed by atoms with Gasteiger partial charge in [-0.1, -0.05) is 71.7 Å². The largest absolute Gasteiger partial charge is 0.489 e. The smallest absolute Gasteiger partial charge is 0.328 e. The van der Waals surface area contributed by atoms with Crippen molar-refractivity contribution in [3.05, 3.63) is 141 Å². The molecule has 0 spiro atoms. The summed E-state index contributed by atoms with van der Waals surface area (Å²) in [7, 11) is 1.29. The number of amides is 2. The van der Waals surface area contributed by atoms with E-state index < -0.39 is 24.2 Å². The summed E-state index contributed by atoms with van der Waals surface area (Å²) in [5, 5.41) is 18.7. The van der Waals surface area contributed by atoms with E-state index in [1.807, 2.05) is 48.5 Å². The number of methoxy groups -OCH3 is 1. The molecule has 3 heterocycles. The molecule has 2 unspecified atom stereocenters. The number of carbonyl (C=O) groups excluding carboxylic acids is 3. The van der Waals surface area contributed by atoms with Gasteiger partial charge in [-0.2, -0.15) is 5.26 Å². The Morgan fingerprint density at radius 1 is 0.981 bits per heavy atom. The van der Waals surface area contributed by atoms with E-state index in [1.165, 1.54) is 7.11 Å². The van der Waals surface area contributed by atoms with Gasteiger partial charge in [0.1, 0.15) is 29.3 Å². The van der Waals surface area contributed by atoms with Crippen molar-refractivity contribution in [2.45, 2.75) is 44.2 Å². The number of pyridine rings is 1. The van der Waals surface area contributed by atoms with Crippen LogP contribution in [0.3, 0.4) is 0 Å². The van der Waals surface area contributed by atoms with Gasteiger partial charge in [-0.15, -0.1) is 0 Å². The zero-order valence-corrected chi connectivity index (χ0v) is 30.4. The number of nitrogens with zero attached hydrogens (tertiary/aromatic N) is 2. The van der Waals surface area contributed by atoms with E-state index in [2.05, 4.69) is 27.0 Å². The molecule has 3 atom stereocenters. The number of nitriles is 1. The van der Waals surface area contributed by atoms with Gasteiger partial charge in [-0.05, 0) is 76.7 Å². The number of aromatic nitrogens is 1. The van der Waals surface area contributed by atoms with Crippen LogP contribution in [0.15, 0.2) is 97.2 Å². The monoisotopic (exact) mass is 761 g/mol. The van der Waals surface area contributed by atoms with E-state index >= 15 is 0 Å². The second-order valence-electron chi connectivity index (χ2n) is 12.9. The molecule has 2 aliphatic heterocycles. The number of ether oxygens (including phenoxy) is 3. The molecule has 4 aromatic carbocycles. The van der Waals surface area contributed by atoms with Crippen molar-refractivity contribution in [3.63, 3.8) is 0 Å². The fourth-order valence-electron chi connectivity index (χ4n) is 6.38.